The van der Waals surface area contributed by atoms with Crippen molar-refractivity contribution in [2.75, 3.05) is 5.32 Å². The fourth-order valence-electron chi connectivity index (χ4n) is 1.48. The number of aromatic nitrogens is 1. The Kier molecular flexibility index (Phi) is 3.15. The van der Waals surface area contributed by atoms with Crippen LogP contribution in [-0.4, -0.2) is 10.9 Å². The van der Waals surface area contributed by atoms with Crippen molar-refractivity contribution in [3.05, 3.63) is 23.3 Å². The van der Waals surface area contributed by atoms with E-state index in [1.807, 2.05) is 13.8 Å². The first-order valence-corrected chi connectivity index (χ1v) is 6.47. The highest BCUT2D eigenvalue weighted by Gasteiger charge is 2.11. The first-order valence-electron chi connectivity index (χ1n) is 5.66. The molecule has 90 valence electrons. The minimum Gasteiger partial charge on any atom is -0.302 e. The normalized spacial score (nSPS) is 11.1. The molecule has 1 heterocycles. The second-order valence-corrected chi connectivity index (χ2v) is 5.60. The Balaban J connectivity index is 2.35. The Labute approximate surface area is 105 Å². The molecule has 0 aliphatic carbocycles. The highest BCUT2D eigenvalue weighted by molar-refractivity contribution is 7.22. The van der Waals surface area contributed by atoms with Gasteiger partial charge in [-0.3, -0.25) is 4.79 Å². The van der Waals surface area contributed by atoms with Gasteiger partial charge in [-0.2, -0.15) is 0 Å². The number of rotatable bonds is 2. The number of benzene rings is 1. The topological polar surface area (TPSA) is 42.0 Å². The number of anilines is 1. The first-order chi connectivity index (χ1) is 7.97. The van der Waals surface area contributed by atoms with E-state index >= 15 is 0 Å². The molecule has 0 spiro atoms. The number of nitrogens with zero attached hydrogens (tertiary/aromatic N) is 1. The lowest BCUT2D eigenvalue weighted by Gasteiger charge is -2.02. The van der Waals surface area contributed by atoms with Gasteiger partial charge in [0, 0.05) is 5.92 Å². The van der Waals surface area contributed by atoms with Gasteiger partial charge in [0.05, 0.1) is 10.2 Å². The number of nitrogens with one attached hydrogen (secondary N) is 1. The van der Waals surface area contributed by atoms with Crippen LogP contribution in [0.4, 0.5) is 5.13 Å². The fourth-order valence-corrected chi connectivity index (χ4v) is 2.43. The van der Waals surface area contributed by atoms with Gasteiger partial charge in [0.2, 0.25) is 5.91 Å². The molecule has 1 aromatic heterocycles. The number of amides is 1. The number of aryl methyl sites for hydroxylation is 2. The van der Waals surface area contributed by atoms with Crippen LogP contribution in [0.1, 0.15) is 25.0 Å². The van der Waals surface area contributed by atoms with Gasteiger partial charge in [-0.1, -0.05) is 25.2 Å². The van der Waals surface area contributed by atoms with Crippen molar-refractivity contribution < 1.29 is 4.79 Å². The molecule has 2 aromatic rings. The van der Waals surface area contributed by atoms with Crippen LogP contribution in [0.2, 0.25) is 0 Å². The molecule has 2 rings (SSSR count). The molecular formula is C13H16N2OS. The predicted molar refractivity (Wildman–Crippen MR) is 72.6 cm³/mol. The minimum absolute atomic E-state index is 0.0116. The quantitative estimate of drug-likeness (QED) is 0.883. The summed E-state index contributed by atoms with van der Waals surface area (Å²) >= 11 is 1.52. The summed E-state index contributed by atoms with van der Waals surface area (Å²) in [5, 5.41) is 3.52. The Morgan fingerprint density at radius 3 is 2.59 bits per heavy atom. The molecule has 0 saturated heterocycles. The summed E-state index contributed by atoms with van der Waals surface area (Å²) in [5.74, 6) is -0.0111. The predicted octanol–water partition coefficient (Wildman–Crippen LogP) is 3.51. The van der Waals surface area contributed by atoms with Crippen LogP contribution in [0.15, 0.2) is 12.1 Å². The van der Waals surface area contributed by atoms with Gasteiger partial charge in [-0.25, -0.2) is 4.98 Å². The maximum atomic E-state index is 11.6. The zero-order valence-corrected chi connectivity index (χ0v) is 11.3. The first kappa shape index (κ1) is 12.0. The van der Waals surface area contributed by atoms with E-state index in [0.29, 0.717) is 5.13 Å². The highest BCUT2D eigenvalue weighted by atomic mass is 32.1. The largest absolute Gasteiger partial charge is 0.302 e. The smallest absolute Gasteiger partial charge is 0.228 e. The summed E-state index contributed by atoms with van der Waals surface area (Å²) < 4.78 is 1.12. The van der Waals surface area contributed by atoms with Gasteiger partial charge in [0.25, 0.3) is 0 Å². The zero-order valence-electron chi connectivity index (χ0n) is 10.5. The molecule has 0 aliphatic rings. The molecule has 1 amide bonds. The van der Waals surface area contributed by atoms with Crippen molar-refractivity contribution >= 4 is 32.6 Å². The second kappa shape index (κ2) is 4.45. The van der Waals surface area contributed by atoms with E-state index in [0.717, 1.165) is 10.2 Å². The van der Waals surface area contributed by atoms with E-state index in [2.05, 4.69) is 36.3 Å². The molecule has 0 atom stereocenters. The Morgan fingerprint density at radius 1 is 1.29 bits per heavy atom. The molecule has 1 aromatic carbocycles. The third-order valence-corrected chi connectivity index (χ3v) is 3.69. The van der Waals surface area contributed by atoms with Crippen molar-refractivity contribution in [3.8, 4) is 0 Å². The van der Waals surface area contributed by atoms with Gasteiger partial charge in [0.15, 0.2) is 5.13 Å². The molecule has 0 unspecified atom stereocenters. The maximum absolute atomic E-state index is 11.6. The van der Waals surface area contributed by atoms with Crippen LogP contribution in [0.25, 0.3) is 10.2 Å². The summed E-state index contributed by atoms with van der Waals surface area (Å²) in [6.45, 7) is 7.90. The van der Waals surface area contributed by atoms with Crippen LogP contribution in [0.5, 0.6) is 0 Å². The van der Waals surface area contributed by atoms with E-state index in [4.69, 9.17) is 0 Å². The Hall–Kier alpha value is -1.42. The van der Waals surface area contributed by atoms with E-state index in [9.17, 15) is 4.79 Å². The average molecular weight is 248 g/mol. The molecule has 0 aliphatic heterocycles. The maximum Gasteiger partial charge on any atom is 0.228 e. The summed E-state index contributed by atoms with van der Waals surface area (Å²) in [6.07, 6.45) is 0. The van der Waals surface area contributed by atoms with E-state index in [-0.39, 0.29) is 11.8 Å². The van der Waals surface area contributed by atoms with Gasteiger partial charge < -0.3 is 5.32 Å². The monoisotopic (exact) mass is 248 g/mol. The highest BCUT2D eigenvalue weighted by Crippen LogP contribution is 2.28. The number of thiazole rings is 1. The standard InChI is InChI=1S/C13H16N2OS/c1-7(2)12(16)15-13-14-10-5-8(3)9(4)6-11(10)17-13/h5-7H,1-4H3,(H,14,15,16). The van der Waals surface area contributed by atoms with Gasteiger partial charge in [0.1, 0.15) is 0 Å². The van der Waals surface area contributed by atoms with Gasteiger partial charge >= 0.3 is 0 Å². The van der Waals surface area contributed by atoms with Gasteiger partial charge in [-0.05, 0) is 37.1 Å². The van der Waals surface area contributed by atoms with E-state index in [1.54, 1.807) is 0 Å². The van der Waals surface area contributed by atoms with Crippen molar-refractivity contribution in [1.82, 2.24) is 4.98 Å². The molecule has 4 heteroatoms. The van der Waals surface area contributed by atoms with Crippen LogP contribution in [0, 0.1) is 19.8 Å². The van der Waals surface area contributed by atoms with E-state index < -0.39 is 0 Å². The second-order valence-electron chi connectivity index (χ2n) is 4.57. The number of fused-ring (bicyclic) bond motifs is 1. The number of carbonyl (C=O) groups is 1. The average Bonchev–Trinajstić information content (AvgIpc) is 2.60. The zero-order chi connectivity index (χ0) is 12.6. The van der Waals surface area contributed by atoms with Crippen molar-refractivity contribution in [2.24, 2.45) is 5.92 Å². The minimum atomic E-state index is -0.0227. The molecule has 0 bridgehead atoms. The summed E-state index contributed by atoms with van der Waals surface area (Å²) in [4.78, 5) is 16.0. The Morgan fingerprint density at radius 2 is 1.94 bits per heavy atom. The molecule has 3 nitrogen and oxygen atoms in total. The lowest BCUT2D eigenvalue weighted by atomic mass is 10.1. The molecule has 17 heavy (non-hydrogen) atoms. The van der Waals surface area contributed by atoms with Crippen molar-refractivity contribution in [3.63, 3.8) is 0 Å². The van der Waals surface area contributed by atoms with E-state index in [1.165, 1.54) is 22.5 Å². The molecular weight excluding hydrogens is 232 g/mol. The van der Waals surface area contributed by atoms with Crippen LogP contribution in [-0.2, 0) is 4.79 Å². The third-order valence-electron chi connectivity index (χ3n) is 2.76. The number of hydrogen-bond donors (Lipinski definition) is 1. The van der Waals surface area contributed by atoms with Gasteiger partial charge in [-0.15, -0.1) is 0 Å². The number of carbonyl (C=O) groups excluding carboxylic acids is 1. The summed E-state index contributed by atoms with van der Waals surface area (Å²) in [5.41, 5.74) is 3.43. The lowest BCUT2D eigenvalue weighted by Crippen LogP contribution is -2.17. The summed E-state index contributed by atoms with van der Waals surface area (Å²) in [7, 11) is 0. The SMILES string of the molecule is Cc1cc2nc(NC(=O)C(C)C)sc2cc1C. The molecule has 0 saturated carbocycles. The molecule has 0 fully saturated rings. The van der Waals surface area contributed by atoms with Crippen molar-refractivity contribution in [1.29, 1.82) is 0 Å². The van der Waals surface area contributed by atoms with Crippen LogP contribution in [0.3, 0.4) is 0 Å². The Bertz CT molecular complexity index is 533. The fraction of sp³-hybridized carbons (Fsp3) is 0.385. The number of hydrogen-bond acceptors (Lipinski definition) is 3. The summed E-state index contributed by atoms with van der Waals surface area (Å²) in [6, 6.07) is 4.18. The van der Waals surface area contributed by atoms with Crippen LogP contribution >= 0.6 is 11.3 Å². The lowest BCUT2D eigenvalue weighted by molar-refractivity contribution is -0.118. The molecule has 1 N–H and O–H groups in total. The van der Waals surface area contributed by atoms with Crippen LogP contribution < -0.4 is 5.32 Å². The third kappa shape index (κ3) is 2.47. The van der Waals surface area contributed by atoms with Crippen molar-refractivity contribution in [2.45, 2.75) is 27.7 Å². The molecule has 0 radical (unpaired) electrons.